The van der Waals surface area contributed by atoms with Crippen LogP contribution >= 0.6 is 23.4 Å². The average Bonchev–Trinajstić information content (AvgIpc) is 2.82. The number of nitrogens with zero attached hydrogens (tertiary/aromatic N) is 3. The summed E-state index contributed by atoms with van der Waals surface area (Å²) in [5, 5.41) is 2.16. The highest BCUT2D eigenvalue weighted by Crippen LogP contribution is 2.25. The lowest BCUT2D eigenvalue weighted by Crippen LogP contribution is -2.42. The molecule has 1 aliphatic rings. The molecule has 32 heavy (non-hydrogen) atoms. The number of hydrazine groups is 1. The Kier molecular flexibility index (Phi) is 7.54. The summed E-state index contributed by atoms with van der Waals surface area (Å²) < 4.78 is 5.40. The Morgan fingerprint density at radius 2 is 1.78 bits per heavy atom. The molecule has 1 aromatic heterocycles. The van der Waals surface area contributed by atoms with E-state index in [-0.39, 0.29) is 11.7 Å². The highest BCUT2D eigenvalue weighted by Gasteiger charge is 2.15. The number of benzene rings is 2. The van der Waals surface area contributed by atoms with Crippen LogP contribution in [0.4, 0.5) is 0 Å². The number of nitrogens with one attached hydrogen (secondary N) is 2. The molecule has 2 heterocycles. The van der Waals surface area contributed by atoms with Crippen LogP contribution in [0.3, 0.4) is 0 Å². The molecule has 0 aliphatic carbocycles. The highest BCUT2D eigenvalue weighted by atomic mass is 35.5. The van der Waals surface area contributed by atoms with Crippen molar-refractivity contribution in [1.29, 1.82) is 0 Å². The van der Waals surface area contributed by atoms with Gasteiger partial charge in [0.2, 0.25) is 5.91 Å². The van der Waals surface area contributed by atoms with Gasteiger partial charge in [-0.1, -0.05) is 41.6 Å². The summed E-state index contributed by atoms with van der Waals surface area (Å²) in [6.07, 6.45) is 0. The van der Waals surface area contributed by atoms with Gasteiger partial charge in [0.15, 0.2) is 0 Å². The molecule has 4 rings (SSSR count). The number of morpholine rings is 1. The lowest BCUT2D eigenvalue weighted by molar-refractivity contribution is -0.119. The fraction of sp³-hybridized carbons (Fsp3) is 0.273. The van der Waals surface area contributed by atoms with Crippen molar-refractivity contribution < 1.29 is 14.3 Å². The number of fused-ring (bicyclic) bond motifs is 1. The summed E-state index contributed by atoms with van der Waals surface area (Å²) in [7, 11) is 0. The van der Waals surface area contributed by atoms with E-state index in [0.29, 0.717) is 36.2 Å². The predicted molar refractivity (Wildman–Crippen MR) is 123 cm³/mol. The van der Waals surface area contributed by atoms with Gasteiger partial charge >= 0.3 is 0 Å². The average molecular weight is 472 g/mol. The van der Waals surface area contributed by atoms with Gasteiger partial charge in [0.25, 0.3) is 5.91 Å². The van der Waals surface area contributed by atoms with Gasteiger partial charge in [0.05, 0.1) is 31.0 Å². The van der Waals surface area contributed by atoms with E-state index in [1.165, 1.54) is 11.8 Å². The molecule has 0 atom stereocenters. The van der Waals surface area contributed by atoms with Crippen molar-refractivity contribution in [1.82, 2.24) is 25.7 Å². The van der Waals surface area contributed by atoms with Crippen molar-refractivity contribution in [3.63, 3.8) is 0 Å². The first kappa shape index (κ1) is 22.5. The summed E-state index contributed by atoms with van der Waals surface area (Å²) >= 11 is 7.14. The van der Waals surface area contributed by atoms with Gasteiger partial charge in [-0.3, -0.25) is 25.3 Å². The Bertz CT molecular complexity index is 1110. The third-order valence-electron chi connectivity index (χ3n) is 4.85. The van der Waals surface area contributed by atoms with E-state index >= 15 is 0 Å². The van der Waals surface area contributed by atoms with Crippen LogP contribution in [0.5, 0.6) is 0 Å². The van der Waals surface area contributed by atoms with Gasteiger partial charge in [-0.15, -0.1) is 0 Å². The number of thioether (sulfide) groups is 1. The molecule has 0 saturated carbocycles. The van der Waals surface area contributed by atoms with E-state index in [1.807, 2.05) is 24.3 Å². The third kappa shape index (κ3) is 5.95. The highest BCUT2D eigenvalue weighted by molar-refractivity contribution is 8.00. The van der Waals surface area contributed by atoms with E-state index in [4.69, 9.17) is 21.3 Å². The van der Waals surface area contributed by atoms with Gasteiger partial charge in [0, 0.05) is 29.1 Å². The molecule has 8 nitrogen and oxygen atoms in total. The zero-order valence-corrected chi connectivity index (χ0v) is 18.8. The van der Waals surface area contributed by atoms with Crippen molar-refractivity contribution in [3.05, 3.63) is 64.9 Å². The van der Waals surface area contributed by atoms with E-state index in [9.17, 15) is 9.59 Å². The SMILES string of the molecule is O=C(CSc1nc(CN2CCOCC2)nc2ccccc12)NNC(=O)c1ccc(Cl)cc1. The van der Waals surface area contributed by atoms with Crippen LogP contribution in [-0.2, 0) is 16.1 Å². The zero-order chi connectivity index (χ0) is 22.3. The number of hydrogen-bond donors (Lipinski definition) is 2. The smallest absolute Gasteiger partial charge is 0.269 e. The third-order valence-corrected chi connectivity index (χ3v) is 6.09. The van der Waals surface area contributed by atoms with Crippen LogP contribution in [0.15, 0.2) is 53.6 Å². The van der Waals surface area contributed by atoms with Crippen molar-refractivity contribution in [2.45, 2.75) is 11.6 Å². The molecule has 2 aromatic carbocycles. The minimum atomic E-state index is -0.416. The van der Waals surface area contributed by atoms with E-state index in [0.717, 1.165) is 29.0 Å². The summed E-state index contributed by atoms with van der Waals surface area (Å²) in [6.45, 7) is 3.72. The molecule has 0 unspecified atom stereocenters. The maximum Gasteiger partial charge on any atom is 0.269 e. The van der Waals surface area contributed by atoms with E-state index in [2.05, 4.69) is 20.7 Å². The van der Waals surface area contributed by atoms with Crippen LogP contribution in [0.1, 0.15) is 16.2 Å². The van der Waals surface area contributed by atoms with Crippen LogP contribution in [0.2, 0.25) is 5.02 Å². The number of ether oxygens (including phenoxy) is 1. The minimum Gasteiger partial charge on any atom is -0.379 e. The second-order valence-electron chi connectivity index (χ2n) is 7.15. The van der Waals surface area contributed by atoms with E-state index < -0.39 is 5.91 Å². The Morgan fingerprint density at radius 3 is 2.56 bits per heavy atom. The largest absolute Gasteiger partial charge is 0.379 e. The molecule has 2 amide bonds. The van der Waals surface area contributed by atoms with Crippen LogP contribution in [0.25, 0.3) is 10.9 Å². The van der Waals surface area contributed by atoms with Gasteiger partial charge in [-0.25, -0.2) is 9.97 Å². The number of carbonyl (C=O) groups is 2. The molecule has 0 radical (unpaired) electrons. The summed E-state index contributed by atoms with van der Waals surface area (Å²) in [6, 6.07) is 14.1. The molecule has 1 fully saturated rings. The Balaban J connectivity index is 1.38. The Morgan fingerprint density at radius 1 is 1.03 bits per heavy atom. The summed E-state index contributed by atoms with van der Waals surface area (Å²) in [4.78, 5) is 36.1. The maximum absolute atomic E-state index is 12.3. The Hall–Kier alpha value is -2.72. The lowest BCUT2D eigenvalue weighted by Gasteiger charge is -2.25. The monoisotopic (exact) mass is 471 g/mol. The molecule has 10 heteroatoms. The molecule has 2 N–H and O–H groups in total. The summed E-state index contributed by atoms with van der Waals surface area (Å²) in [5.41, 5.74) is 6.08. The Labute approximate surface area is 194 Å². The first-order valence-corrected chi connectivity index (χ1v) is 11.5. The van der Waals surface area contributed by atoms with Crippen LogP contribution in [-0.4, -0.2) is 58.7 Å². The molecular weight excluding hydrogens is 450 g/mol. The fourth-order valence-corrected chi connectivity index (χ4v) is 4.17. The molecule has 166 valence electrons. The lowest BCUT2D eigenvalue weighted by atomic mass is 10.2. The van der Waals surface area contributed by atoms with Gasteiger partial charge in [-0.05, 0) is 30.3 Å². The van der Waals surface area contributed by atoms with Gasteiger partial charge < -0.3 is 4.74 Å². The molecule has 0 bridgehead atoms. The van der Waals surface area contributed by atoms with E-state index in [1.54, 1.807) is 24.3 Å². The topological polar surface area (TPSA) is 96.5 Å². The zero-order valence-electron chi connectivity index (χ0n) is 17.2. The molecular formula is C22H22ClN5O3S. The molecule has 1 aliphatic heterocycles. The van der Waals surface area contributed by atoms with Gasteiger partial charge in [0.1, 0.15) is 10.9 Å². The van der Waals surface area contributed by atoms with Crippen molar-refractivity contribution in [2.24, 2.45) is 0 Å². The first-order chi connectivity index (χ1) is 15.6. The minimum absolute atomic E-state index is 0.0961. The number of rotatable bonds is 6. The second-order valence-corrected chi connectivity index (χ2v) is 8.55. The predicted octanol–water partition coefficient (Wildman–Crippen LogP) is 2.67. The van der Waals surface area contributed by atoms with Crippen molar-refractivity contribution in [2.75, 3.05) is 32.1 Å². The second kappa shape index (κ2) is 10.7. The number of carbonyl (C=O) groups excluding carboxylic acids is 2. The molecule has 0 spiro atoms. The number of para-hydroxylation sites is 1. The number of halogens is 1. The summed E-state index contributed by atoms with van der Waals surface area (Å²) in [5.74, 6) is 0.0541. The molecule has 1 saturated heterocycles. The van der Waals surface area contributed by atoms with Crippen LogP contribution < -0.4 is 10.9 Å². The quantitative estimate of drug-likeness (QED) is 0.324. The van der Waals surface area contributed by atoms with Crippen molar-refractivity contribution >= 4 is 46.1 Å². The van der Waals surface area contributed by atoms with Crippen molar-refractivity contribution in [3.8, 4) is 0 Å². The first-order valence-electron chi connectivity index (χ1n) is 10.1. The number of hydrogen-bond acceptors (Lipinski definition) is 7. The fourth-order valence-electron chi connectivity index (χ4n) is 3.20. The van der Waals surface area contributed by atoms with Gasteiger partial charge in [-0.2, -0.15) is 0 Å². The maximum atomic E-state index is 12.3. The van der Waals surface area contributed by atoms with Crippen LogP contribution in [0, 0.1) is 0 Å². The number of amides is 2. The number of aromatic nitrogens is 2. The molecule has 3 aromatic rings. The normalized spacial score (nSPS) is 14.3. The standard InChI is InChI=1S/C22H22ClN5O3S/c23-16-7-5-15(6-8-16)21(30)27-26-20(29)14-32-22-17-3-1-2-4-18(17)24-19(25-22)13-28-9-11-31-12-10-28/h1-8H,9-14H2,(H,26,29)(H,27,30).